The SMILES string of the molecule is COc1ccc(CO[C@@H](C[C@@H](C)CC(=O)N2C(=O)OC[C@@H]2c2ccccc2)C(C)(C)C)cc1. The molecule has 0 spiro atoms. The maximum atomic E-state index is 13.1. The molecule has 1 saturated heterocycles. The van der Waals surface area contributed by atoms with Gasteiger partial charge in [0.15, 0.2) is 0 Å². The van der Waals surface area contributed by atoms with E-state index >= 15 is 0 Å². The molecule has 6 heteroatoms. The van der Waals surface area contributed by atoms with Crippen molar-refractivity contribution in [1.82, 2.24) is 4.90 Å². The Morgan fingerprint density at radius 1 is 1.12 bits per heavy atom. The van der Waals surface area contributed by atoms with Crippen molar-refractivity contribution in [1.29, 1.82) is 0 Å². The third kappa shape index (κ3) is 6.57. The summed E-state index contributed by atoms with van der Waals surface area (Å²) in [6.07, 6.45) is 0.364. The smallest absolute Gasteiger partial charge is 0.417 e. The zero-order valence-corrected chi connectivity index (χ0v) is 20.2. The van der Waals surface area contributed by atoms with Crippen LogP contribution < -0.4 is 4.74 Å². The Labute approximate surface area is 196 Å². The second-order valence-electron chi connectivity index (χ2n) is 9.83. The van der Waals surface area contributed by atoms with E-state index < -0.39 is 6.09 Å². The minimum Gasteiger partial charge on any atom is -0.497 e. The number of methoxy groups -OCH3 is 1. The summed E-state index contributed by atoms with van der Waals surface area (Å²) in [5.74, 6) is 0.650. The predicted octanol–water partition coefficient (Wildman–Crippen LogP) is 5.76. The van der Waals surface area contributed by atoms with Crippen LogP contribution in [0.15, 0.2) is 54.6 Å². The average molecular weight is 454 g/mol. The molecular weight excluding hydrogens is 418 g/mol. The van der Waals surface area contributed by atoms with Gasteiger partial charge in [-0.25, -0.2) is 9.69 Å². The van der Waals surface area contributed by atoms with Gasteiger partial charge >= 0.3 is 6.09 Å². The van der Waals surface area contributed by atoms with E-state index in [2.05, 4.69) is 20.8 Å². The van der Waals surface area contributed by atoms with E-state index in [1.165, 1.54) is 4.90 Å². The molecule has 2 aromatic carbocycles. The summed E-state index contributed by atoms with van der Waals surface area (Å²) in [7, 11) is 1.65. The van der Waals surface area contributed by atoms with E-state index in [-0.39, 0.29) is 42.4 Å². The van der Waals surface area contributed by atoms with Gasteiger partial charge in [0.25, 0.3) is 0 Å². The summed E-state index contributed by atoms with van der Waals surface area (Å²) in [4.78, 5) is 26.7. The number of rotatable bonds is 9. The van der Waals surface area contributed by atoms with Gasteiger partial charge in [-0.15, -0.1) is 0 Å². The van der Waals surface area contributed by atoms with Crippen molar-refractivity contribution in [2.45, 2.75) is 59.3 Å². The molecule has 2 aromatic rings. The molecule has 3 rings (SSSR count). The number of hydrogen-bond acceptors (Lipinski definition) is 5. The van der Waals surface area contributed by atoms with E-state index in [1.807, 2.05) is 61.5 Å². The second kappa shape index (κ2) is 10.8. The van der Waals surface area contributed by atoms with Crippen molar-refractivity contribution in [3.8, 4) is 5.75 Å². The maximum Gasteiger partial charge on any atom is 0.417 e. The van der Waals surface area contributed by atoms with Gasteiger partial charge in [0, 0.05) is 6.42 Å². The molecule has 3 atom stereocenters. The molecule has 0 aliphatic carbocycles. The van der Waals surface area contributed by atoms with Gasteiger partial charge in [-0.1, -0.05) is 70.2 Å². The van der Waals surface area contributed by atoms with Crippen LogP contribution in [0.2, 0.25) is 0 Å². The van der Waals surface area contributed by atoms with Crippen LogP contribution in [0.25, 0.3) is 0 Å². The summed E-state index contributed by atoms with van der Waals surface area (Å²) in [5.41, 5.74) is 1.88. The molecule has 0 N–H and O–H groups in total. The maximum absolute atomic E-state index is 13.1. The standard InChI is InChI=1S/C27H35NO5/c1-19(15-24(27(2,3)4)32-17-20-11-13-22(31-5)14-12-20)16-25(29)28-23(18-33-26(28)30)21-9-7-6-8-10-21/h6-14,19,23-24H,15-18H2,1-5H3/t19-,23-,24+/m1/s1. The average Bonchev–Trinajstić information content (AvgIpc) is 3.18. The predicted molar refractivity (Wildman–Crippen MR) is 127 cm³/mol. The molecule has 1 fully saturated rings. The fourth-order valence-electron chi connectivity index (χ4n) is 4.05. The molecule has 33 heavy (non-hydrogen) atoms. The summed E-state index contributed by atoms with van der Waals surface area (Å²) in [6, 6.07) is 17.0. The van der Waals surface area contributed by atoms with Crippen LogP contribution in [-0.2, 0) is 20.9 Å². The van der Waals surface area contributed by atoms with Gasteiger partial charge in [-0.05, 0) is 41.0 Å². The van der Waals surface area contributed by atoms with Crippen molar-refractivity contribution in [3.05, 3.63) is 65.7 Å². The van der Waals surface area contributed by atoms with Gasteiger partial charge in [-0.3, -0.25) is 4.79 Å². The zero-order chi connectivity index (χ0) is 24.0. The van der Waals surface area contributed by atoms with E-state index in [0.717, 1.165) is 16.9 Å². The van der Waals surface area contributed by atoms with Gasteiger partial charge in [-0.2, -0.15) is 0 Å². The number of ether oxygens (including phenoxy) is 3. The van der Waals surface area contributed by atoms with Crippen molar-refractivity contribution in [2.75, 3.05) is 13.7 Å². The molecule has 0 bridgehead atoms. The number of benzene rings is 2. The number of nitrogens with zero attached hydrogens (tertiary/aromatic N) is 1. The van der Waals surface area contributed by atoms with Crippen LogP contribution >= 0.6 is 0 Å². The molecule has 0 radical (unpaired) electrons. The highest BCUT2D eigenvalue weighted by molar-refractivity contribution is 5.93. The number of amides is 2. The van der Waals surface area contributed by atoms with Crippen molar-refractivity contribution >= 4 is 12.0 Å². The molecular formula is C27H35NO5. The lowest BCUT2D eigenvalue weighted by Gasteiger charge is -2.33. The molecule has 0 aromatic heterocycles. The first-order valence-electron chi connectivity index (χ1n) is 11.5. The molecule has 0 unspecified atom stereocenters. The topological polar surface area (TPSA) is 65.1 Å². The van der Waals surface area contributed by atoms with Crippen LogP contribution in [0.1, 0.15) is 57.7 Å². The van der Waals surface area contributed by atoms with Crippen molar-refractivity contribution in [2.24, 2.45) is 11.3 Å². The first-order chi connectivity index (χ1) is 15.7. The summed E-state index contributed by atoms with van der Waals surface area (Å²) >= 11 is 0. The second-order valence-corrected chi connectivity index (χ2v) is 9.83. The van der Waals surface area contributed by atoms with E-state index in [0.29, 0.717) is 13.0 Å². The fourth-order valence-corrected chi connectivity index (χ4v) is 4.05. The number of cyclic esters (lactones) is 1. The third-order valence-corrected chi connectivity index (χ3v) is 6.04. The van der Waals surface area contributed by atoms with E-state index in [1.54, 1.807) is 7.11 Å². The number of carbonyl (C=O) groups is 2. The van der Waals surface area contributed by atoms with Gasteiger partial charge in [0.05, 0.1) is 19.8 Å². The summed E-state index contributed by atoms with van der Waals surface area (Å²) in [5, 5.41) is 0. The Morgan fingerprint density at radius 2 is 1.79 bits per heavy atom. The Morgan fingerprint density at radius 3 is 2.39 bits per heavy atom. The normalized spacial score (nSPS) is 18.0. The van der Waals surface area contributed by atoms with Crippen molar-refractivity contribution < 1.29 is 23.8 Å². The fraction of sp³-hybridized carbons (Fsp3) is 0.481. The molecule has 1 aliphatic rings. The number of imide groups is 1. The molecule has 1 aliphatic heterocycles. The first kappa shape index (κ1) is 24.8. The molecule has 6 nitrogen and oxygen atoms in total. The highest BCUT2D eigenvalue weighted by Gasteiger charge is 2.39. The van der Waals surface area contributed by atoms with Crippen LogP contribution in [0.4, 0.5) is 4.79 Å². The minimum absolute atomic E-state index is 0.0437. The quantitative estimate of drug-likeness (QED) is 0.483. The van der Waals surface area contributed by atoms with E-state index in [9.17, 15) is 9.59 Å². The minimum atomic E-state index is -0.566. The molecule has 1 heterocycles. The van der Waals surface area contributed by atoms with Gasteiger partial charge in [0.1, 0.15) is 18.4 Å². The summed E-state index contributed by atoms with van der Waals surface area (Å²) < 4.78 is 16.7. The van der Waals surface area contributed by atoms with E-state index in [4.69, 9.17) is 14.2 Å². The highest BCUT2D eigenvalue weighted by atomic mass is 16.6. The van der Waals surface area contributed by atoms with Crippen LogP contribution in [-0.4, -0.2) is 36.7 Å². The van der Waals surface area contributed by atoms with Gasteiger partial charge < -0.3 is 14.2 Å². The number of carbonyl (C=O) groups excluding carboxylic acids is 2. The largest absolute Gasteiger partial charge is 0.497 e. The monoisotopic (exact) mass is 453 g/mol. The zero-order valence-electron chi connectivity index (χ0n) is 20.2. The van der Waals surface area contributed by atoms with Gasteiger partial charge in [0.2, 0.25) is 5.91 Å². The first-order valence-corrected chi connectivity index (χ1v) is 11.5. The van der Waals surface area contributed by atoms with Crippen LogP contribution in [0, 0.1) is 11.3 Å². The number of hydrogen-bond donors (Lipinski definition) is 0. The molecule has 0 saturated carbocycles. The summed E-state index contributed by atoms with van der Waals surface area (Å²) in [6.45, 7) is 9.14. The molecule has 178 valence electrons. The molecule has 2 amide bonds. The Hall–Kier alpha value is -2.86. The lowest BCUT2D eigenvalue weighted by atomic mass is 9.83. The Bertz CT molecular complexity index is 920. The van der Waals surface area contributed by atoms with Crippen LogP contribution in [0.5, 0.6) is 5.75 Å². The third-order valence-electron chi connectivity index (χ3n) is 6.04. The Kier molecular flexibility index (Phi) is 8.14. The van der Waals surface area contributed by atoms with Crippen molar-refractivity contribution in [3.63, 3.8) is 0 Å². The Balaban J connectivity index is 1.61. The lowest BCUT2D eigenvalue weighted by Crippen LogP contribution is -2.36. The van der Waals surface area contributed by atoms with Crippen LogP contribution in [0.3, 0.4) is 0 Å². The lowest BCUT2D eigenvalue weighted by molar-refractivity contribution is -0.130. The highest BCUT2D eigenvalue weighted by Crippen LogP contribution is 2.32.